The van der Waals surface area contributed by atoms with E-state index in [-0.39, 0.29) is 0 Å². The van der Waals surface area contributed by atoms with E-state index >= 15 is 0 Å². The van der Waals surface area contributed by atoms with Gasteiger partial charge in [-0.15, -0.1) is 10.2 Å². The molecular weight excluding hydrogens is 232 g/mol. The third-order valence-corrected chi connectivity index (χ3v) is 2.57. The van der Waals surface area contributed by atoms with Gasteiger partial charge in [-0.2, -0.15) is 0 Å². The number of nitrogens with one attached hydrogen (secondary N) is 2. The Bertz CT molecular complexity index is 507. The number of aliphatic carboxylic acids is 1. The van der Waals surface area contributed by atoms with E-state index in [9.17, 15) is 4.79 Å². The topological polar surface area (TPSA) is 90.9 Å². The monoisotopic (exact) mass is 246 g/mol. The van der Waals surface area contributed by atoms with Crippen molar-refractivity contribution in [1.82, 2.24) is 15.2 Å². The van der Waals surface area contributed by atoms with Crippen molar-refractivity contribution in [3.05, 3.63) is 30.6 Å². The molecule has 3 N–H and O–H groups in total. The molecule has 0 aromatic carbocycles. The Kier molecular flexibility index (Phi) is 3.57. The Hall–Kier alpha value is -2.37. The molecule has 1 unspecified atom stereocenters. The predicted octanol–water partition coefficient (Wildman–Crippen LogP) is 1.60. The largest absolute Gasteiger partial charge is 0.481 e. The van der Waals surface area contributed by atoms with Crippen LogP contribution in [0, 0.1) is 5.92 Å². The molecule has 18 heavy (non-hydrogen) atoms. The number of hydrogen-bond donors (Lipinski definition) is 3. The van der Waals surface area contributed by atoms with E-state index in [1.807, 2.05) is 24.5 Å². The second-order valence-electron chi connectivity index (χ2n) is 4.02. The Labute approximate surface area is 104 Å². The highest BCUT2D eigenvalue weighted by Crippen LogP contribution is 2.15. The minimum atomic E-state index is -0.834. The van der Waals surface area contributed by atoms with Crippen LogP contribution in [0.25, 0.3) is 11.3 Å². The van der Waals surface area contributed by atoms with Gasteiger partial charge in [0.1, 0.15) is 5.82 Å². The van der Waals surface area contributed by atoms with Crippen molar-refractivity contribution < 1.29 is 9.90 Å². The molecule has 2 rings (SSSR count). The molecule has 0 amide bonds. The molecule has 2 aromatic heterocycles. The van der Waals surface area contributed by atoms with Crippen molar-refractivity contribution in [2.75, 3.05) is 11.9 Å². The summed E-state index contributed by atoms with van der Waals surface area (Å²) < 4.78 is 0. The molecule has 2 heterocycles. The maximum absolute atomic E-state index is 10.7. The number of rotatable bonds is 5. The van der Waals surface area contributed by atoms with Crippen molar-refractivity contribution in [3.63, 3.8) is 0 Å². The van der Waals surface area contributed by atoms with Crippen LogP contribution in [0.3, 0.4) is 0 Å². The highest BCUT2D eigenvalue weighted by Gasteiger charge is 2.10. The van der Waals surface area contributed by atoms with Gasteiger partial charge in [0.2, 0.25) is 0 Å². The Morgan fingerprint density at radius 1 is 1.44 bits per heavy atom. The van der Waals surface area contributed by atoms with E-state index in [4.69, 9.17) is 5.11 Å². The Morgan fingerprint density at radius 2 is 2.28 bits per heavy atom. The first-order chi connectivity index (χ1) is 8.66. The zero-order valence-electron chi connectivity index (χ0n) is 9.92. The second kappa shape index (κ2) is 5.31. The van der Waals surface area contributed by atoms with Crippen LogP contribution in [0.1, 0.15) is 6.92 Å². The number of H-pyrrole nitrogens is 1. The summed E-state index contributed by atoms with van der Waals surface area (Å²) in [6, 6.07) is 5.53. The summed E-state index contributed by atoms with van der Waals surface area (Å²) in [5.74, 6) is -0.724. The molecule has 1 atom stereocenters. The van der Waals surface area contributed by atoms with Crippen LogP contribution in [-0.2, 0) is 4.79 Å². The first kappa shape index (κ1) is 12.1. The highest BCUT2D eigenvalue weighted by molar-refractivity contribution is 5.70. The van der Waals surface area contributed by atoms with Gasteiger partial charge in [-0.25, -0.2) is 0 Å². The van der Waals surface area contributed by atoms with Crippen molar-refractivity contribution in [1.29, 1.82) is 0 Å². The summed E-state index contributed by atoms with van der Waals surface area (Å²) in [6.45, 7) is 1.96. The summed E-state index contributed by atoms with van der Waals surface area (Å²) in [5, 5.41) is 19.7. The number of nitrogens with zero attached hydrogens (tertiary/aromatic N) is 2. The lowest BCUT2D eigenvalue weighted by Gasteiger charge is -2.08. The van der Waals surface area contributed by atoms with Gasteiger partial charge in [-0.05, 0) is 18.2 Å². The lowest BCUT2D eigenvalue weighted by Crippen LogP contribution is -2.20. The summed E-state index contributed by atoms with van der Waals surface area (Å²) in [6.07, 6.45) is 3.65. The van der Waals surface area contributed by atoms with Gasteiger partial charge in [-0.3, -0.25) is 4.79 Å². The zero-order valence-corrected chi connectivity index (χ0v) is 9.92. The summed E-state index contributed by atoms with van der Waals surface area (Å²) in [7, 11) is 0. The van der Waals surface area contributed by atoms with E-state index < -0.39 is 11.9 Å². The number of carboxylic acids is 1. The number of aromatic nitrogens is 3. The van der Waals surface area contributed by atoms with Gasteiger partial charge in [0.15, 0.2) is 0 Å². The molecular formula is C12H14N4O2. The van der Waals surface area contributed by atoms with Gasteiger partial charge in [-0.1, -0.05) is 6.92 Å². The van der Waals surface area contributed by atoms with Crippen molar-refractivity contribution in [2.24, 2.45) is 5.92 Å². The molecule has 94 valence electrons. The molecule has 0 fully saturated rings. The minimum absolute atomic E-state index is 0.327. The number of hydrogen-bond acceptors (Lipinski definition) is 4. The molecule has 0 aliphatic carbocycles. The van der Waals surface area contributed by atoms with Crippen molar-refractivity contribution >= 4 is 11.8 Å². The number of carbonyl (C=O) groups is 1. The van der Waals surface area contributed by atoms with E-state index in [2.05, 4.69) is 20.5 Å². The van der Waals surface area contributed by atoms with E-state index in [0.717, 1.165) is 11.3 Å². The van der Waals surface area contributed by atoms with Crippen LogP contribution in [0.5, 0.6) is 0 Å². The first-order valence-electron chi connectivity index (χ1n) is 5.60. The first-order valence-corrected chi connectivity index (χ1v) is 5.60. The molecule has 6 heteroatoms. The third-order valence-electron chi connectivity index (χ3n) is 2.57. The highest BCUT2D eigenvalue weighted by atomic mass is 16.4. The van der Waals surface area contributed by atoms with Crippen LogP contribution in [0.4, 0.5) is 5.82 Å². The molecule has 0 aliphatic rings. The molecule has 0 spiro atoms. The average molecular weight is 246 g/mol. The number of carboxylic acid groups (broad SMARTS) is 1. The van der Waals surface area contributed by atoms with Crippen LogP contribution >= 0.6 is 0 Å². The second-order valence-corrected chi connectivity index (χ2v) is 4.02. The van der Waals surface area contributed by atoms with Crippen molar-refractivity contribution in [2.45, 2.75) is 6.92 Å². The quantitative estimate of drug-likeness (QED) is 0.745. The van der Waals surface area contributed by atoms with Crippen LogP contribution < -0.4 is 5.32 Å². The van der Waals surface area contributed by atoms with E-state index in [1.165, 1.54) is 0 Å². The van der Waals surface area contributed by atoms with E-state index in [1.54, 1.807) is 13.0 Å². The fourth-order valence-electron chi connectivity index (χ4n) is 1.41. The van der Waals surface area contributed by atoms with Crippen LogP contribution in [-0.4, -0.2) is 32.8 Å². The van der Waals surface area contributed by atoms with Gasteiger partial charge < -0.3 is 15.4 Å². The number of anilines is 1. The standard InChI is InChI=1S/C12H14N4O2/c1-8(12(17)18)6-14-11-3-2-10(15-16-11)9-4-5-13-7-9/h2-5,7-8,13H,6H2,1H3,(H,14,16)(H,17,18). The van der Waals surface area contributed by atoms with E-state index in [0.29, 0.717) is 12.4 Å². The van der Waals surface area contributed by atoms with Gasteiger partial charge in [0.25, 0.3) is 0 Å². The SMILES string of the molecule is CC(CNc1ccc(-c2cc[nH]c2)nn1)C(=O)O. The summed E-state index contributed by atoms with van der Waals surface area (Å²) >= 11 is 0. The maximum Gasteiger partial charge on any atom is 0.308 e. The Morgan fingerprint density at radius 3 is 2.83 bits per heavy atom. The summed E-state index contributed by atoms with van der Waals surface area (Å²) in [4.78, 5) is 13.6. The van der Waals surface area contributed by atoms with Crippen LogP contribution in [0.15, 0.2) is 30.6 Å². The summed E-state index contributed by atoms with van der Waals surface area (Å²) in [5.41, 5.74) is 1.74. The zero-order chi connectivity index (χ0) is 13.0. The van der Waals surface area contributed by atoms with Gasteiger partial charge in [0.05, 0.1) is 11.6 Å². The minimum Gasteiger partial charge on any atom is -0.481 e. The normalized spacial score (nSPS) is 12.1. The molecule has 0 radical (unpaired) electrons. The number of aromatic amines is 1. The fraction of sp³-hybridized carbons (Fsp3) is 0.250. The van der Waals surface area contributed by atoms with Gasteiger partial charge in [0, 0.05) is 24.5 Å². The lowest BCUT2D eigenvalue weighted by molar-refractivity contribution is -0.140. The lowest BCUT2D eigenvalue weighted by atomic mass is 10.2. The molecule has 2 aromatic rings. The third kappa shape index (κ3) is 2.85. The maximum atomic E-state index is 10.7. The molecule has 0 bridgehead atoms. The van der Waals surface area contributed by atoms with Crippen molar-refractivity contribution in [3.8, 4) is 11.3 Å². The molecule has 0 saturated heterocycles. The fourth-order valence-corrected chi connectivity index (χ4v) is 1.41. The predicted molar refractivity (Wildman–Crippen MR) is 67.1 cm³/mol. The molecule has 0 aliphatic heterocycles. The average Bonchev–Trinajstić information content (AvgIpc) is 2.90. The molecule has 6 nitrogen and oxygen atoms in total. The van der Waals surface area contributed by atoms with Crippen LogP contribution in [0.2, 0.25) is 0 Å². The van der Waals surface area contributed by atoms with Gasteiger partial charge >= 0.3 is 5.97 Å². The smallest absolute Gasteiger partial charge is 0.308 e. The molecule has 0 saturated carbocycles. The Balaban J connectivity index is 1.98.